The lowest BCUT2D eigenvalue weighted by atomic mass is 9.63. The van der Waals surface area contributed by atoms with Crippen molar-refractivity contribution in [3.05, 3.63) is 23.3 Å². The van der Waals surface area contributed by atoms with E-state index in [0.717, 1.165) is 25.9 Å². The lowest BCUT2D eigenvalue weighted by molar-refractivity contribution is -0.0858. The van der Waals surface area contributed by atoms with Gasteiger partial charge in [-0.1, -0.05) is 63.5 Å². The van der Waals surface area contributed by atoms with Gasteiger partial charge in [0.1, 0.15) is 12.9 Å². The van der Waals surface area contributed by atoms with Gasteiger partial charge < -0.3 is 13.9 Å². The topological polar surface area (TPSA) is 27.7 Å². The van der Waals surface area contributed by atoms with Gasteiger partial charge in [0.15, 0.2) is 8.32 Å². The van der Waals surface area contributed by atoms with Crippen LogP contribution in [0.2, 0.25) is 18.1 Å². The second-order valence-electron chi connectivity index (χ2n) is 10.3. The molecule has 168 valence electrons. The molecule has 0 aromatic rings. The minimum atomic E-state index is -1.75. The molecule has 0 aromatic carbocycles. The molecule has 0 saturated carbocycles. The Bertz CT molecular complexity index is 720. The molecule has 0 spiro atoms. The van der Waals surface area contributed by atoms with Crippen molar-refractivity contribution in [2.75, 3.05) is 20.5 Å². The third-order valence-corrected chi connectivity index (χ3v) is 11.4. The monoisotopic (exact) mass is 430 g/mol. The van der Waals surface area contributed by atoms with Gasteiger partial charge in [-0.15, -0.1) is 6.42 Å². The van der Waals surface area contributed by atoms with E-state index in [1.165, 1.54) is 11.1 Å². The standard InChI is InChI=1S/C26H42O3Si/c1-11-12-13-14-15-24(28-20-27-8)23-17-16-21(2)22(26(23,6)7)18-19-29-30(9,10)25(3,4)5/h1,12-13,23-24H,16-20H2,2-10H3/b13-12-/t23-,24+/m0/s1. The molecule has 3 nitrogen and oxygen atoms in total. The van der Waals surface area contributed by atoms with Crippen LogP contribution in [0.4, 0.5) is 0 Å². The molecular formula is C26H42O3Si. The van der Waals surface area contributed by atoms with Crippen molar-refractivity contribution in [1.82, 2.24) is 0 Å². The van der Waals surface area contributed by atoms with E-state index in [0.29, 0.717) is 0 Å². The van der Waals surface area contributed by atoms with Crippen LogP contribution in [0.25, 0.3) is 0 Å². The van der Waals surface area contributed by atoms with Crippen molar-refractivity contribution in [2.24, 2.45) is 11.3 Å². The van der Waals surface area contributed by atoms with Crippen molar-refractivity contribution in [1.29, 1.82) is 0 Å². The molecule has 1 aliphatic carbocycles. The van der Waals surface area contributed by atoms with Crippen LogP contribution in [0.1, 0.15) is 60.8 Å². The molecule has 2 atom stereocenters. The van der Waals surface area contributed by atoms with Gasteiger partial charge in [-0.05, 0) is 61.9 Å². The fourth-order valence-corrected chi connectivity index (χ4v) is 5.01. The van der Waals surface area contributed by atoms with E-state index >= 15 is 0 Å². The first kappa shape index (κ1) is 26.7. The zero-order valence-electron chi connectivity index (χ0n) is 20.6. The summed E-state index contributed by atoms with van der Waals surface area (Å²) >= 11 is 0. The van der Waals surface area contributed by atoms with Crippen LogP contribution in [0.3, 0.4) is 0 Å². The fraction of sp³-hybridized carbons (Fsp3) is 0.692. The molecule has 0 bridgehead atoms. The van der Waals surface area contributed by atoms with Crippen LogP contribution in [-0.4, -0.2) is 34.9 Å². The molecule has 0 amide bonds. The lowest BCUT2D eigenvalue weighted by Gasteiger charge is -2.44. The van der Waals surface area contributed by atoms with Crippen molar-refractivity contribution >= 4 is 8.32 Å². The van der Waals surface area contributed by atoms with Crippen molar-refractivity contribution in [3.63, 3.8) is 0 Å². The van der Waals surface area contributed by atoms with Gasteiger partial charge >= 0.3 is 0 Å². The van der Waals surface area contributed by atoms with E-state index in [9.17, 15) is 0 Å². The maximum absolute atomic E-state index is 6.49. The Kier molecular flexibility index (Phi) is 10.1. The molecule has 0 fully saturated rings. The first-order valence-corrected chi connectivity index (χ1v) is 13.8. The average Bonchev–Trinajstić information content (AvgIpc) is 2.63. The van der Waals surface area contributed by atoms with Crippen LogP contribution >= 0.6 is 0 Å². The predicted molar refractivity (Wildman–Crippen MR) is 129 cm³/mol. The molecule has 4 heteroatoms. The summed E-state index contributed by atoms with van der Waals surface area (Å²) in [6, 6.07) is 0. The third-order valence-electron chi connectivity index (χ3n) is 6.89. The molecule has 0 aliphatic heterocycles. The number of hydrogen-bond donors (Lipinski definition) is 0. The molecule has 0 unspecified atom stereocenters. The average molecular weight is 431 g/mol. The highest BCUT2D eigenvalue weighted by atomic mass is 28.4. The van der Waals surface area contributed by atoms with Crippen LogP contribution in [-0.2, 0) is 13.9 Å². The van der Waals surface area contributed by atoms with Gasteiger partial charge in [-0.25, -0.2) is 0 Å². The Morgan fingerprint density at radius 1 is 1.27 bits per heavy atom. The normalized spacial score (nSPS) is 20.6. The number of hydrogen-bond acceptors (Lipinski definition) is 3. The predicted octanol–water partition coefficient (Wildman–Crippen LogP) is 6.33. The Balaban J connectivity index is 3.03. The van der Waals surface area contributed by atoms with Crippen molar-refractivity contribution in [2.45, 2.75) is 85.0 Å². The zero-order chi connectivity index (χ0) is 23.0. The summed E-state index contributed by atoms with van der Waals surface area (Å²) in [5, 5.41) is 0.224. The van der Waals surface area contributed by atoms with Crippen molar-refractivity contribution in [3.8, 4) is 24.2 Å². The number of methoxy groups -OCH3 is 1. The maximum atomic E-state index is 6.49. The summed E-state index contributed by atoms with van der Waals surface area (Å²) in [6.45, 7) is 19.4. The summed E-state index contributed by atoms with van der Waals surface area (Å²) in [4.78, 5) is 0. The van der Waals surface area contributed by atoms with E-state index < -0.39 is 8.32 Å². The summed E-state index contributed by atoms with van der Waals surface area (Å²) < 4.78 is 17.7. The smallest absolute Gasteiger partial charge is 0.191 e. The van der Waals surface area contributed by atoms with Crippen LogP contribution < -0.4 is 0 Å². The highest BCUT2D eigenvalue weighted by molar-refractivity contribution is 6.74. The van der Waals surface area contributed by atoms with Gasteiger partial charge in [-0.3, -0.25) is 0 Å². The Morgan fingerprint density at radius 3 is 2.50 bits per heavy atom. The lowest BCUT2D eigenvalue weighted by Crippen LogP contribution is -2.42. The van der Waals surface area contributed by atoms with Gasteiger partial charge in [0.2, 0.25) is 0 Å². The summed E-state index contributed by atoms with van der Waals surface area (Å²) in [7, 11) is -0.108. The van der Waals surface area contributed by atoms with E-state index in [-0.39, 0.29) is 29.3 Å². The quantitative estimate of drug-likeness (QED) is 0.195. The molecule has 0 N–H and O–H groups in total. The summed E-state index contributed by atoms with van der Waals surface area (Å²) in [5.74, 6) is 9.07. The SMILES string of the molecule is C#C/C=C\C#C[C@@H](OCOC)[C@@H]1CCC(C)=C(CCO[Si](C)(C)C(C)(C)C)C1(C)C. The van der Waals surface area contributed by atoms with Gasteiger partial charge in [0, 0.05) is 19.6 Å². The first-order valence-electron chi connectivity index (χ1n) is 10.9. The molecule has 0 radical (unpaired) electrons. The number of rotatable bonds is 8. The number of ether oxygens (including phenoxy) is 2. The van der Waals surface area contributed by atoms with E-state index in [1.54, 1.807) is 19.3 Å². The fourth-order valence-electron chi connectivity index (χ4n) is 3.97. The second kappa shape index (κ2) is 11.4. The zero-order valence-corrected chi connectivity index (χ0v) is 21.6. The number of terminal acetylenes is 1. The van der Waals surface area contributed by atoms with Crippen LogP contribution in [0.5, 0.6) is 0 Å². The first-order chi connectivity index (χ1) is 13.9. The highest BCUT2D eigenvalue weighted by Crippen LogP contribution is 2.48. The molecule has 0 saturated heterocycles. The Morgan fingerprint density at radius 2 is 1.93 bits per heavy atom. The van der Waals surface area contributed by atoms with Gasteiger partial charge in [0.05, 0.1) is 0 Å². The minimum Gasteiger partial charge on any atom is -0.417 e. The van der Waals surface area contributed by atoms with Crippen LogP contribution in [0, 0.1) is 35.5 Å². The summed E-state index contributed by atoms with van der Waals surface area (Å²) in [6.07, 6.45) is 11.5. The Labute approximate surface area is 186 Å². The van der Waals surface area contributed by atoms with E-state index in [4.69, 9.17) is 20.3 Å². The van der Waals surface area contributed by atoms with Gasteiger partial charge in [0.25, 0.3) is 0 Å². The van der Waals surface area contributed by atoms with E-state index in [2.05, 4.69) is 72.4 Å². The summed E-state index contributed by atoms with van der Waals surface area (Å²) in [5.41, 5.74) is 2.95. The third kappa shape index (κ3) is 7.14. The molecule has 0 heterocycles. The maximum Gasteiger partial charge on any atom is 0.191 e. The largest absolute Gasteiger partial charge is 0.417 e. The molecular weight excluding hydrogens is 388 g/mol. The van der Waals surface area contributed by atoms with Gasteiger partial charge in [-0.2, -0.15) is 0 Å². The molecule has 0 aromatic heterocycles. The second-order valence-corrected chi connectivity index (χ2v) is 15.1. The minimum absolute atomic E-state index is 0.0257. The molecule has 1 aliphatic rings. The molecule has 1 rings (SSSR count). The number of allylic oxidation sites excluding steroid dienone is 3. The Hall–Kier alpha value is -1.30. The molecule has 30 heavy (non-hydrogen) atoms. The highest BCUT2D eigenvalue weighted by Gasteiger charge is 2.42. The van der Waals surface area contributed by atoms with Crippen molar-refractivity contribution < 1.29 is 13.9 Å². The van der Waals surface area contributed by atoms with Crippen LogP contribution in [0.15, 0.2) is 23.3 Å². The van der Waals surface area contributed by atoms with E-state index in [1.807, 2.05) is 0 Å².